The number of hydrogen-bond acceptors (Lipinski definition) is 5. The normalized spacial score (nSPS) is 19.7. The van der Waals surface area contributed by atoms with Crippen molar-refractivity contribution in [1.29, 1.82) is 0 Å². The molecule has 3 amide bonds. The molecule has 2 aromatic rings. The number of nitrogens with zero attached hydrogens (tertiary/aromatic N) is 1. The maximum Gasteiger partial charge on any atom is 0.258 e. The molecule has 3 heterocycles. The molecule has 1 fully saturated rings. The van der Waals surface area contributed by atoms with Crippen molar-refractivity contribution in [1.82, 2.24) is 15.6 Å². The quantitative estimate of drug-likeness (QED) is 0.816. The average Bonchev–Trinajstić information content (AvgIpc) is 3.07. The van der Waals surface area contributed by atoms with E-state index in [0.29, 0.717) is 35.4 Å². The van der Waals surface area contributed by atoms with Crippen LogP contribution in [0.2, 0.25) is 0 Å². The highest BCUT2D eigenvalue weighted by molar-refractivity contribution is 6.23. The van der Waals surface area contributed by atoms with Gasteiger partial charge in [-0.1, -0.05) is 0 Å². The number of nitrogens with one attached hydrogen (secondary N) is 2. The first-order valence-corrected chi connectivity index (χ1v) is 7.32. The summed E-state index contributed by atoms with van der Waals surface area (Å²) in [6.07, 6.45) is 2.83. The van der Waals surface area contributed by atoms with Crippen LogP contribution in [-0.4, -0.2) is 35.4 Å². The lowest BCUT2D eigenvalue weighted by Gasteiger charge is -2.13. The third-order valence-corrected chi connectivity index (χ3v) is 4.09. The van der Waals surface area contributed by atoms with Crippen molar-refractivity contribution in [2.45, 2.75) is 18.9 Å². The minimum Gasteiger partial charge on any atom is -0.475 e. The van der Waals surface area contributed by atoms with E-state index < -0.39 is 5.91 Å². The van der Waals surface area contributed by atoms with E-state index in [0.717, 1.165) is 11.8 Å². The van der Waals surface area contributed by atoms with Crippen LogP contribution in [0.3, 0.4) is 0 Å². The van der Waals surface area contributed by atoms with Crippen molar-refractivity contribution < 1.29 is 19.1 Å². The van der Waals surface area contributed by atoms with E-state index >= 15 is 0 Å². The summed E-state index contributed by atoms with van der Waals surface area (Å²) >= 11 is 0. The molecule has 1 unspecified atom stereocenters. The first-order valence-electron chi connectivity index (χ1n) is 7.32. The molecule has 2 aliphatic rings. The molecular weight excluding hydrogens is 298 g/mol. The monoisotopic (exact) mass is 311 g/mol. The predicted molar refractivity (Wildman–Crippen MR) is 80.2 cm³/mol. The minimum atomic E-state index is -0.412. The van der Waals surface area contributed by atoms with Crippen molar-refractivity contribution >= 4 is 28.5 Å². The Hall–Kier alpha value is -2.96. The van der Waals surface area contributed by atoms with Crippen molar-refractivity contribution in [2.24, 2.45) is 0 Å². The zero-order chi connectivity index (χ0) is 16.0. The third kappa shape index (κ3) is 2.30. The van der Waals surface area contributed by atoms with Crippen molar-refractivity contribution in [2.75, 3.05) is 6.61 Å². The number of hydrogen-bond donors (Lipinski definition) is 2. The molecule has 1 atom stereocenters. The number of fused-ring (bicyclic) bond motifs is 2. The molecule has 0 aliphatic carbocycles. The van der Waals surface area contributed by atoms with Crippen molar-refractivity contribution in [3.8, 4) is 5.88 Å². The number of amides is 3. The van der Waals surface area contributed by atoms with E-state index in [4.69, 9.17) is 4.74 Å². The standard InChI is InChI=1S/C16H13N3O4/c20-13-2-1-9(18-13)7-23-16-10-6-12-11(14(21)19-15(12)22)5-8(10)3-4-17-16/h3-6,9H,1-2,7H2,(H,18,20)(H,19,21,22). The van der Waals surface area contributed by atoms with Crippen molar-refractivity contribution in [3.05, 3.63) is 35.5 Å². The second-order valence-corrected chi connectivity index (χ2v) is 5.63. The number of carbonyl (C=O) groups excluding carboxylic acids is 3. The highest BCUT2D eigenvalue weighted by atomic mass is 16.5. The molecule has 0 bridgehead atoms. The first-order chi connectivity index (χ1) is 11.1. The zero-order valence-corrected chi connectivity index (χ0v) is 12.1. The number of carbonyl (C=O) groups is 3. The number of benzene rings is 1. The smallest absolute Gasteiger partial charge is 0.258 e. The Morgan fingerprint density at radius 2 is 1.96 bits per heavy atom. The summed E-state index contributed by atoms with van der Waals surface area (Å²) in [4.78, 5) is 38.9. The molecule has 0 spiro atoms. The Kier molecular flexibility index (Phi) is 3.00. The van der Waals surface area contributed by atoms with Gasteiger partial charge in [0.2, 0.25) is 11.8 Å². The Labute approximate surface area is 131 Å². The minimum absolute atomic E-state index is 0.0254. The molecule has 1 aromatic heterocycles. The molecule has 2 N–H and O–H groups in total. The van der Waals surface area contributed by atoms with Gasteiger partial charge < -0.3 is 10.1 Å². The van der Waals surface area contributed by atoms with Crippen LogP contribution < -0.4 is 15.4 Å². The number of imide groups is 1. The van der Waals surface area contributed by atoms with Crippen molar-refractivity contribution in [3.63, 3.8) is 0 Å². The fourth-order valence-electron chi connectivity index (χ4n) is 2.90. The number of pyridine rings is 1. The topological polar surface area (TPSA) is 97.4 Å². The van der Waals surface area contributed by atoms with Gasteiger partial charge in [0.05, 0.1) is 17.2 Å². The third-order valence-electron chi connectivity index (χ3n) is 4.09. The zero-order valence-electron chi connectivity index (χ0n) is 12.1. The Morgan fingerprint density at radius 3 is 2.70 bits per heavy atom. The summed E-state index contributed by atoms with van der Waals surface area (Å²) in [5.41, 5.74) is 0.692. The maximum absolute atomic E-state index is 11.8. The summed E-state index contributed by atoms with van der Waals surface area (Å²) in [6.45, 7) is 0.320. The summed E-state index contributed by atoms with van der Waals surface area (Å²) in [7, 11) is 0. The summed E-state index contributed by atoms with van der Waals surface area (Å²) in [5.74, 6) is -0.388. The molecule has 2 aliphatic heterocycles. The van der Waals surface area contributed by atoms with Gasteiger partial charge in [0.15, 0.2) is 0 Å². The van der Waals surface area contributed by atoms with Gasteiger partial charge in [-0.2, -0.15) is 0 Å². The van der Waals surface area contributed by atoms with Crippen LogP contribution in [0.25, 0.3) is 10.8 Å². The molecule has 4 rings (SSSR count). The fourth-order valence-corrected chi connectivity index (χ4v) is 2.90. The number of rotatable bonds is 3. The van der Waals surface area contributed by atoms with Gasteiger partial charge in [-0.05, 0) is 30.0 Å². The van der Waals surface area contributed by atoms with E-state index in [9.17, 15) is 14.4 Å². The summed E-state index contributed by atoms with van der Waals surface area (Å²) < 4.78 is 5.73. The molecule has 1 saturated heterocycles. The molecule has 0 saturated carbocycles. The van der Waals surface area contributed by atoms with Crippen LogP contribution in [-0.2, 0) is 4.79 Å². The van der Waals surface area contributed by atoms with E-state index in [-0.39, 0.29) is 17.9 Å². The first kappa shape index (κ1) is 13.7. The fraction of sp³-hybridized carbons (Fsp3) is 0.250. The predicted octanol–water partition coefficient (Wildman–Crippen LogP) is 0.776. The Morgan fingerprint density at radius 1 is 1.17 bits per heavy atom. The molecule has 0 radical (unpaired) electrons. The highest BCUT2D eigenvalue weighted by Gasteiger charge is 2.28. The van der Waals surface area contributed by atoms with E-state index in [1.54, 1.807) is 24.4 Å². The molecule has 116 valence electrons. The van der Waals surface area contributed by atoms with Gasteiger partial charge in [-0.25, -0.2) is 4.98 Å². The summed E-state index contributed by atoms with van der Waals surface area (Å²) in [6, 6.07) is 5.02. The molecule has 23 heavy (non-hydrogen) atoms. The maximum atomic E-state index is 11.8. The van der Waals surface area contributed by atoms with Crippen LogP contribution in [0.15, 0.2) is 24.4 Å². The van der Waals surface area contributed by atoms with Crippen LogP contribution >= 0.6 is 0 Å². The molecular formula is C16H13N3O4. The van der Waals surface area contributed by atoms with Gasteiger partial charge in [0.1, 0.15) is 6.61 Å². The largest absolute Gasteiger partial charge is 0.475 e. The van der Waals surface area contributed by atoms with E-state index in [1.165, 1.54) is 0 Å². The van der Waals surface area contributed by atoms with Crippen LogP contribution in [0, 0.1) is 0 Å². The van der Waals surface area contributed by atoms with Gasteiger partial charge in [-0.15, -0.1) is 0 Å². The summed E-state index contributed by atoms with van der Waals surface area (Å²) in [5, 5.41) is 6.54. The van der Waals surface area contributed by atoms with Crippen LogP contribution in [0.4, 0.5) is 0 Å². The average molecular weight is 311 g/mol. The lowest BCUT2D eigenvalue weighted by Crippen LogP contribution is -2.31. The molecule has 7 nitrogen and oxygen atoms in total. The Bertz CT molecular complexity index is 862. The lowest BCUT2D eigenvalue weighted by atomic mass is 10.0. The highest BCUT2D eigenvalue weighted by Crippen LogP contribution is 2.29. The van der Waals surface area contributed by atoms with Gasteiger partial charge in [0.25, 0.3) is 11.8 Å². The second kappa shape index (κ2) is 5.05. The van der Waals surface area contributed by atoms with Crippen LogP contribution in [0.1, 0.15) is 33.6 Å². The number of aromatic nitrogens is 1. The molecule has 1 aromatic carbocycles. The number of ether oxygens (including phenoxy) is 1. The van der Waals surface area contributed by atoms with E-state index in [2.05, 4.69) is 15.6 Å². The van der Waals surface area contributed by atoms with Gasteiger partial charge in [0, 0.05) is 18.0 Å². The van der Waals surface area contributed by atoms with E-state index in [1.807, 2.05) is 0 Å². The lowest BCUT2D eigenvalue weighted by molar-refractivity contribution is -0.119. The Balaban J connectivity index is 1.67. The molecule has 7 heteroatoms. The second-order valence-electron chi connectivity index (χ2n) is 5.63. The van der Waals surface area contributed by atoms with Gasteiger partial charge in [-0.3, -0.25) is 19.7 Å². The SMILES string of the molecule is O=C1CCC(COc2nccc3cc4c(cc23)C(=O)NC4=O)N1. The van der Waals surface area contributed by atoms with Crippen LogP contribution in [0.5, 0.6) is 5.88 Å². The van der Waals surface area contributed by atoms with Gasteiger partial charge >= 0.3 is 0 Å².